The number of urea groups is 1. The lowest BCUT2D eigenvalue weighted by molar-refractivity contribution is 0.252. The van der Waals surface area contributed by atoms with Crippen LogP contribution in [0.2, 0.25) is 0 Å². The Morgan fingerprint density at radius 2 is 1.79 bits per heavy atom. The minimum absolute atomic E-state index is 0.226. The zero-order valence-corrected chi connectivity index (χ0v) is 16.3. The van der Waals surface area contributed by atoms with Crippen molar-refractivity contribution in [2.45, 2.75) is 19.9 Å². The number of hydrogen-bond acceptors (Lipinski definition) is 3. The van der Waals surface area contributed by atoms with Gasteiger partial charge in [-0.25, -0.2) is 14.8 Å². The highest BCUT2D eigenvalue weighted by Crippen LogP contribution is 2.17. The van der Waals surface area contributed by atoms with Crippen molar-refractivity contribution in [3.63, 3.8) is 0 Å². The summed E-state index contributed by atoms with van der Waals surface area (Å²) in [4.78, 5) is 21.4. The van der Waals surface area contributed by atoms with E-state index < -0.39 is 0 Å². The maximum atomic E-state index is 12.1. The Bertz CT molecular complexity index is 1100. The molecule has 0 bridgehead atoms. The van der Waals surface area contributed by atoms with E-state index in [1.807, 2.05) is 42.5 Å². The maximum absolute atomic E-state index is 12.1. The SMILES string of the molecule is Cc1ccc(Cn2c(CCNC(=O)Nc3ccccc3)nc3cccnc32)cc1. The second kappa shape index (κ2) is 8.56. The Morgan fingerprint density at radius 3 is 2.59 bits per heavy atom. The molecule has 0 aliphatic heterocycles. The van der Waals surface area contributed by atoms with Crippen LogP contribution in [0.3, 0.4) is 0 Å². The topological polar surface area (TPSA) is 71.8 Å². The van der Waals surface area contributed by atoms with Crippen LogP contribution in [0, 0.1) is 6.92 Å². The van der Waals surface area contributed by atoms with E-state index in [0.717, 1.165) is 22.7 Å². The van der Waals surface area contributed by atoms with E-state index in [4.69, 9.17) is 4.98 Å². The molecule has 4 rings (SSSR count). The zero-order valence-electron chi connectivity index (χ0n) is 16.3. The van der Waals surface area contributed by atoms with Gasteiger partial charge < -0.3 is 15.2 Å². The Labute approximate surface area is 169 Å². The molecule has 0 aliphatic rings. The van der Waals surface area contributed by atoms with Crippen LogP contribution in [0.1, 0.15) is 17.0 Å². The third-order valence-electron chi connectivity index (χ3n) is 4.71. The van der Waals surface area contributed by atoms with Crippen molar-refractivity contribution in [2.75, 3.05) is 11.9 Å². The minimum atomic E-state index is -0.226. The van der Waals surface area contributed by atoms with Gasteiger partial charge in [0.05, 0.1) is 6.54 Å². The first-order valence-electron chi connectivity index (χ1n) is 9.64. The summed E-state index contributed by atoms with van der Waals surface area (Å²) in [7, 11) is 0. The molecule has 0 radical (unpaired) electrons. The second-order valence-corrected chi connectivity index (χ2v) is 6.94. The van der Waals surface area contributed by atoms with E-state index in [-0.39, 0.29) is 6.03 Å². The number of nitrogens with zero attached hydrogens (tertiary/aromatic N) is 3. The van der Waals surface area contributed by atoms with Crippen LogP contribution in [-0.2, 0) is 13.0 Å². The fourth-order valence-corrected chi connectivity index (χ4v) is 3.22. The molecule has 2 N–H and O–H groups in total. The minimum Gasteiger partial charge on any atom is -0.337 e. The third-order valence-corrected chi connectivity index (χ3v) is 4.71. The zero-order chi connectivity index (χ0) is 20.1. The number of nitrogens with one attached hydrogen (secondary N) is 2. The van der Waals surface area contributed by atoms with E-state index in [0.29, 0.717) is 19.5 Å². The van der Waals surface area contributed by atoms with Crippen LogP contribution >= 0.6 is 0 Å². The Balaban J connectivity index is 1.46. The van der Waals surface area contributed by atoms with Crippen molar-refractivity contribution in [1.29, 1.82) is 0 Å². The van der Waals surface area contributed by atoms with Crippen LogP contribution in [-0.4, -0.2) is 27.1 Å². The molecule has 0 atom stereocenters. The number of aromatic nitrogens is 3. The number of amides is 2. The van der Waals surface area contributed by atoms with Crippen LogP contribution in [0.15, 0.2) is 72.9 Å². The summed E-state index contributed by atoms with van der Waals surface area (Å²) >= 11 is 0. The number of para-hydroxylation sites is 1. The normalized spacial score (nSPS) is 10.8. The monoisotopic (exact) mass is 385 g/mol. The lowest BCUT2D eigenvalue weighted by atomic mass is 10.1. The number of imidazole rings is 1. The summed E-state index contributed by atoms with van der Waals surface area (Å²) in [6.07, 6.45) is 2.40. The number of anilines is 1. The van der Waals surface area contributed by atoms with Gasteiger partial charge in [-0.1, -0.05) is 48.0 Å². The Hall–Kier alpha value is -3.67. The molecule has 146 valence electrons. The average Bonchev–Trinajstić information content (AvgIpc) is 3.08. The van der Waals surface area contributed by atoms with Crippen LogP contribution in [0.4, 0.5) is 10.5 Å². The number of pyridine rings is 1. The summed E-state index contributed by atoms with van der Waals surface area (Å²) in [6, 6.07) is 21.5. The molecule has 0 saturated heterocycles. The van der Waals surface area contributed by atoms with Gasteiger partial charge in [0.2, 0.25) is 0 Å². The van der Waals surface area contributed by atoms with E-state index in [2.05, 4.69) is 51.4 Å². The predicted octanol–water partition coefficient (Wildman–Crippen LogP) is 4.15. The van der Waals surface area contributed by atoms with Crippen molar-refractivity contribution >= 4 is 22.9 Å². The molecule has 2 amide bonds. The van der Waals surface area contributed by atoms with Gasteiger partial charge in [0.25, 0.3) is 0 Å². The van der Waals surface area contributed by atoms with Gasteiger partial charge in [-0.3, -0.25) is 0 Å². The molecule has 4 aromatic rings. The van der Waals surface area contributed by atoms with Gasteiger partial charge in [0.15, 0.2) is 5.65 Å². The molecule has 2 heterocycles. The lowest BCUT2D eigenvalue weighted by Gasteiger charge is -2.10. The summed E-state index contributed by atoms with van der Waals surface area (Å²) < 4.78 is 2.12. The standard InChI is InChI=1S/C23H23N5O/c1-17-9-11-18(12-10-17)16-28-21(27-20-8-5-14-24-22(20)28)13-15-25-23(29)26-19-6-3-2-4-7-19/h2-12,14H,13,15-16H2,1H3,(H2,25,26,29). The van der Waals surface area contributed by atoms with Crippen molar-refractivity contribution in [3.8, 4) is 0 Å². The molecule has 0 fully saturated rings. The van der Waals surface area contributed by atoms with Crippen LogP contribution in [0.25, 0.3) is 11.2 Å². The first kappa shape index (κ1) is 18.7. The average molecular weight is 385 g/mol. The van der Waals surface area contributed by atoms with Crippen LogP contribution in [0.5, 0.6) is 0 Å². The highest BCUT2D eigenvalue weighted by Gasteiger charge is 2.12. The summed E-state index contributed by atoms with van der Waals surface area (Å²) in [5, 5.41) is 5.72. The number of carbonyl (C=O) groups is 1. The molecule has 0 unspecified atom stereocenters. The van der Waals surface area contributed by atoms with Crippen LogP contribution < -0.4 is 10.6 Å². The lowest BCUT2D eigenvalue weighted by Crippen LogP contribution is -2.31. The number of aryl methyl sites for hydroxylation is 1. The smallest absolute Gasteiger partial charge is 0.319 e. The summed E-state index contributed by atoms with van der Waals surface area (Å²) in [6.45, 7) is 3.25. The van der Waals surface area contributed by atoms with E-state index in [1.165, 1.54) is 11.1 Å². The quantitative estimate of drug-likeness (QED) is 0.524. The highest BCUT2D eigenvalue weighted by molar-refractivity contribution is 5.89. The largest absolute Gasteiger partial charge is 0.337 e. The number of benzene rings is 2. The Kier molecular flexibility index (Phi) is 5.52. The number of rotatable bonds is 6. The van der Waals surface area contributed by atoms with Crippen molar-refractivity contribution < 1.29 is 4.79 Å². The summed E-state index contributed by atoms with van der Waals surface area (Å²) in [5.74, 6) is 0.902. The van der Waals surface area contributed by atoms with E-state index in [1.54, 1.807) is 6.20 Å². The highest BCUT2D eigenvalue weighted by atomic mass is 16.2. The molecule has 0 spiro atoms. The fourth-order valence-electron chi connectivity index (χ4n) is 3.22. The van der Waals surface area contributed by atoms with Gasteiger partial charge in [-0.15, -0.1) is 0 Å². The third kappa shape index (κ3) is 4.60. The number of hydrogen-bond donors (Lipinski definition) is 2. The van der Waals surface area contributed by atoms with Gasteiger partial charge in [-0.05, 0) is 36.8 Å². The molecule has 29 heavy (non-hydrogen) atoms. The Morgan fingerprint density at radius 1 is 1.00 bits per heavy atom. The van der Waals surface area contributed by atoms with Crippen molar-refractivity contribution in [1.82, 2.24) is 19.9 Å². The predicted molar refractivity (Wildman–Crippen MR) is 115 cm³/mol. The molecule has 6 nitrogen and oxygen atoms in total. The van der Waals surface area contributed by atoms with Gasteiger partial charge >= 0.3 is 6.03 Å². The number of carbonyl (C=O) groups excluding carboxylic acids is 1. The molecule has 0 aliphatic carbocycles. The van der Waals surface area contributed by atoms with E-state index in [9.17, 15) is 4.79 Å². The maximum Gasteiger partial charge on any atom is 0.319 e. The second-order valence-electron chi connectivity index (χ2n) is 6.94. The molecular formula is C23H23N5O. The van der Waals surface area contributed by atoms with Gasteiger partial charge in [0, 0.05) is 24.8 Å². The fraction of sp³-hybridized carbons (Fsp3) is 0.174. The molecule has 6 heteroatoms. The molecule has 2 aromatic heterocycles. The summed E-state index contributed by atoms with van der Waals surface area (Å²) in [5.41, 5.74) is 4.91. The van der Waals surface area contributed by atoms with Gasteiger partial charge in [-0.2, -0.15) is 0 Å². The molecule has 2 aromatic carbocycles. The number of fused-ring (bicyclic) bond motifs is 1. The molecule has 0 saturated carbocycles. The van der Waals surface area contributed by atoms with Gasteiger partial charge in [0.1, 0.15) is 11.3 Å². The first-order valence-corrected chi connectivity index (χ1v) is 9.64. The first-order chi connectivity index (χ1) is 14.2. The van der Waals surface area contributed by atoms with Crippen molar-refractivity contribution in [3.05, 3.63) is 89.9 Å². The van der Waals surface area contributed by atoms with Crippen molar-refractivity contribution in [2.24, 2.45) is 0 Å². The van der Waals surface area contributed by atoms with E-state index >= 15 is 0 Å². The molecular weight excluding hydrogens is 362 g/mol.